The fourth-order valence-electron chi connectivity index (χ4n) is 7.86. The maximum atomic E-state index is 13.2. The second-order valence-corrected chi connectivity index (χ2v) is 9.76. The van der Waals surface area contributed by atoms with Gasteiger partial charge in [-0.2, -0.15) is 0 Å². The van der Waals surface area contributed by atoms with Gasteiger partial charge in [0.1, 0.15) is 6.67 Å². The van der Waals surface area contributed by atoms with Crippen LogP contribution in [-0.2, 0) is 0 Å². The Labute approximate surface area is 141 Å². The lowest BCUT2D eigenvalue weighted by Crippen LogP contribution is -2.51. The summed E-state index contributed by atoms with van der Waals surface area (Å²) in [5, 5.41) is 10.4. The average Bonchev–Trinajstić information content (AvgIpc) is 2.90. The molecule has 4 aliphatic rings. The van der Waals surface area contributed by atoms with Crippen LogP contribution in [0.1, 0.15) is 78.1 Å². The SMILES string of the molecule is CC[C@H]1CC[C@H]2[C@@H]3CC[C@@H]4C[C@](O)(CF)CC[C@@H]4[C@H]3CC[C@]12C. The molecule has 0 radical (unpaired) electrons. The zero-order valence-electron chi connectivity index (χ0n) is 15.1. The van der Waals surface area contributed by atoms with Crippen molar-refractivity contribution in [1.29, 1.82) is 0 Å². The van der Waals surface area contributed by atoms with Crippen molar-refractivity contribution in [2.45, 2.75) is 83.7 Å². The van der Waals surface area contributed by atoms with Crippen LogP contribution in [0.4, 0.5) is 4.39 Å². The van der Waals surface area contributed by atoms with E-state index in [1.54, 1.807) is 0 Å². The highest BCUT2D eigenvalue weighted by Gasteiger charge is 2.57. The first kappa shape index (κ1) is 16.4. The first-order valence-electron chi connectivity index (χ1n) is 10.3. The predicted molar refractivity (Wildman–Crippen MR) is 91.8 cm³/mol. The second kappa shape index (κ2) is 5.71. The third-order valence-electron chi connectivity index (χ3n) is 9.04. The van der Waals surface area contributed by atoms with Crippen molar-refractivity contribution in [2.24, 2.45) is 40.9 Å². The Morgan fingerprint density at radius 1 is 0.957 bits per heavy atom. The highest BCUT2D eigenvalue weighted by Crippen LogP contribution is 2.65. The van der Waals surface area contributed by atoms with Gasteiger partial charge < -0.3 is 5.11 Å². The van der Waals surface area contributed by atoms with E-state index in [2.05, 4.69) is 13.8 Å². The number of hydrogen-bond donors (Lipinski definition) is 1. The highest BCUT2D eigenvalue weighted by atomic mass is 19.1. The van der Waals surface area contributed by atoms with Gasteiger partial charge in [-0.15, -0.1) is 0 Å². The Kier molecular flexibility index (Phi) is 4.06. The summed E-state index contributed by atoms with van der Waals surface area (Å²) >= 11 is 0. The van der Waals surface area contributed by atoms with Crippen LogP contribution in [-0.4, -0.2) is 17.4 Å². The Morgan fingerprint density at radius 2 is 1.74 bits per heavy atom. The normalized spacial score (nSPS) is 55.8. The van der Waals surface area contributed by atoms with Crippen LogP contribution < -0.4 is 0 Å². The fourth-order valence-corrected chi connectivity index (χ4v) is 7.86. The molecule has 4 rings (SSSR count). The maximum absolute atomic E-state index is 13.2. The van der Waals surface area contributed by atoms with E-state index in [4.69, 9.17) is 0 Å². The number of halogens is 1. The van der Waals surface area contributed by atoms with Crippen molar-refractivity contribution in [1.82, 2.24) is 0 Å². The lowest BCUT2D eigenvalue weighted by molar-refractivity contribution is -0.111. The molecule has 0 aromatic rings. The van der Waals surface area contributed by atoms with Gasteiger partial charge in [0, 0.05) is 0 Å². The van der Waals surface area contributed by atoms with Gasteiger partial charge in [0.05, 0.1) is 5.60 Å². The van der Waals surface area contributed by atoms with Crippen molar-refractivity contribution in [2.75, 3.05) is 6.67 Å². The van der Waals surface area contributed by atoms with Gasteiger partial charge in [-0.1, -0.05) is 20.3 Å². The molecule has 1 nitrogen and oxygen atoms in total. The van der Waals surface area contributed by atoms with Crippen LogP contribution in [0.2, 0.25) is 0 Å². The Morgan fingerprint density at radius 3 is 2.48 bits per heavy atom. The lowest BCUT2D eigenvalue weighted by atomic mass is 9.49. The maximum Gasteiger partial charge on any atom is 0.118 e. The van der Waals surface area contributed by atoms with Gasteiger partial charge in [0.25, 0.3) is 0 Å². The largest absolute Gasteiger partial charge is 0.387 e. The predicted octanol–water partition coefficient (Wildman–Crippen LogP) is 5.37. The molecular formula is C21H35FO. The van der Waals surface area contributed by atoms with E-state index in [0.717, 1.165) is 42.4 Å². The van der Waals surface area contributed by atoms with Crippen LogP contribution in [0.25, 0.3) is 0 Å². The number of fused-ring (bicyclic) bond motifs is 5. The molecule has 0 heterocycles. The van der Waals surface area contributed by atoms with Crippen molar-refractivity contribution >= 4 is 0 Å². The number of alkyl halides is 1. The van der Waals surface area contributed by atoms with Crippen molar-refractivity contribution in [3.8, 4) is 0 Å². The number of hydrogen-bond acceptors (Lipinski definition) is 1. The summed E-state index contributed by atoms with van der Waals surface area (Å²) in [6.07, 6.45) is 12.2. The number of rotatable bonds is 2. The van der Waals surface area contributed by atoms with E-state index in [9.17, 15) is 9.50 Å². The molecule has 0 amide bonds. The van der Waals surface area contributed by atoms with Gasteiger partial charge in [-0.05, 0) is 98.7 Å². The summed E-state index contributed by atoms with van der Waals surface area (Å²) in [4.78, 5) is 0. The van der Waals surface area contributed by atoms with Gasteiger partial charge in [-0.25, -0.2) is 4.39 Å². The average molecular weight is 323 g/mol. The monoisotopic (exact) mass is 322 g/mol. The fraction of sp³-hybridized carbons (Fsp3) is 1.00. The molecular weight excluding hydrogens is 287 g/mol. The quantitative estimate of drug-likeness (QED) is 0.725. The Balaban J connectivity index is 1.52. The zero-order chi connectivity index (χ0) is 16.2. The molecule has 1 N–H and O–H groups in total. The summed E-state index contributed by atoms with van der Waals surface area (Å²) in [6, 6.07) is 0. The second-order valence-electron chi connectivity index (χ2n) is 9.76. The van der Waals surface area contributed by atoms with E-state index < -0.39 is 12.3 Å². The highest BCUT2D eigenvalue weighted by molar-refractivity contribution is 5.06. The lowest BCUT2D eigenvalue weighted by Gasteiger charge is -2.57. The van der Waals surface area contributed by atoms with E-state index >= 15 is 0 Å². The van der Waals surface area contributed by atoms with E-state index in [-0.39, 0.29) is 0 Å². The molecule has 0 unspecified atom stereocenters. The van der Waals surface area contributed by atoms with E-state index in [0.29, 0.717) is 17.8 Å². The van der Waals surface area contributed by atoms with Crippen LogP contribution in [0.5, 0.6) is 0 Å². The van der Waals surface area contributed by atoms with Crippen LogP contribution >= 0.6 is 0 Å². The third kappa shape index (κ3) is 2.41. The molecule has 23 heavy (non-hydrogen) atoms. The molecule has 0 aliphatic heterocycles. The molecule has 2 heteroatoms. The summed E-state index contributed by atoms with van der Waals surface area (Å²) in [5.74, 6) is 5.10. The summed E-state index contributed by atoms with van der Waals surface area (Å²) in [5.41, 5.74) is -0.380. The molecule has 0 saturated heterocycles. The molecule has 132 valence electrons. The van der Waals surface area contributed by atoms with E-state index in [1.807, 2.05) is 0 Å². The minimum Gasteiger partial charge on any atom is -0.387 e. The molecule has 4 aliphatic carbocycles. The standard InChI is InChI=1S/C21H35FO/c1-3-15-5-7-19-18-6-4-14-12-21(23,13-22)11-9-16(14)17(18)8-10-20(15,19)2/h14-19,23H,3-13H2,1-2H3/t14-,15+,16+,17-,18-,19+,20-,21+/m1/s1. The summed E-state index contributed by atoms with van der Waals surface area (Å²) in [7, 11) is 0. The van der Waals surface area contributed by atoms with Gasteiger partial charge in [0.2, 0.25) is 0 Å². The molecule has 0 aromatic heterocycles. The van der Waals surface area contributed by atoms with Gasteiger partial charge in [-0.3, -0.25) is 0 Å². The number of aliphatic hydroxyl groups is 1. The molecule has 4 saturated carbocycles. The van der Waals surface area contributed by atoms with Crippen LogP contribution in [0, 0.1) is 40.9 Å². The molecule has 0 spiro atoms. The van der Waals surface area contributed by atoms with Crippen LogP contribution in [0.15, 0.2) is 0 Å². The zero-order valence-corrected chi connectivity index (χ0v) is 15.1. The first-order valence-corrected chi connectivity index (χ1v) is 10.3. The van der Waals surface area contributed by atoms with Crippen molar-refractivity contribution in [3.63, 3.8) is 0 Å². The summed E-state index contributed by atoms with van der Waals surface area (Å²) in [6.45, 7) is 4.45. The summed E-state index contributed by atoms with van der Waals surface area (Å²) < 4.78 is 13.2. The molecule has 4 fully saturated rings. The van der Waals surface area contributed by atoms with Crippen molar-refractivity contribution < 1.29 is 9.50 Å². The Bertz CT molecular complexity index is 451. The minimum atomic E-state index is -0.988. The topological polar surface area (TPSA) is 20.2 Å². The van der Waals surface area contributed by atoms with Gasteiger partial charge in [0.15, 0.2) is 0 Å². The third-order valence-corrected chi connectivity index (χ3v) is 9.04. The smallest absolute Gasteiger partial charge is 0.118 e. The molecule has 0 aromatic carbocycles. The first-order chi connectivity index (χ1) is 11.0. The molecule has 0 bridgehead atoms. The van der Waals surface area contributed by atoms with E-state index in [1.165, 1.54) is 44.9 Å². The minimum absolute atomic E-state index is 0.539. The van der Waals surface area contributed by atoms with Crippen LogP contribution in [0.3, 0.4) is 0 Å². The Hall–Kier alpha value is -0.110. The molecule has 8 atom stereocenters. The van der Waals surface area contributed by atoms with Gasteiger partial charge >= 0.3 is 0 Å². The van der Waals surface area contributed by atoms with Crippen molar-refractivity contribution in [3.05, 3.63) is 0 Å².